The van der Waals surface area contributed by atoms with Crippen molar-refractivity contribution in [3.8, 4) is 0 Å². The number of anilines is 1. The summed E-state index contributed by atoms with van der Waals surface area (Å²) in [6, 6.07) is 13.4. The molecular weight excluding hydrogens is 330 g/mol. The molecule has 2 amide bonds. The van der Waals surface area contributed by atoms with Crippen LogP contribution >= 0.6 is 0 Å². The molecule has 1 atom stereocenters. The normalized spacial score (nSPS) is 15.9. The van der Waals surface area contributed by atoms with Crippen molar-refractivity contribution in [2.75, 3.05) is 45.2 Å². The van der Waals surface area contributed by atoms with Gasteiger partial charge in [-0.25, -0.2) is 0 Å². The summed E-state index contributed by atoms with van der Waals surface area (Å²) in [5, 5.41) is 5.05. The van der Waals surface area contributed by atoms with Crippen LogP contribution in [0.25, 0.3) is 10.8 Å². The van der Waals surface area contributed by atoms with E-state index in [4.69, 9.17) is 4.74 Å². The zero-order valence-corrected chi connectivity index (χ0v) is 15.3. The predicted octanol–water partition coefficient (Wildman–Crippen LogP) is 1.96. The third kappa shape index (κ3) is 4.20. The van der Waals surface area contributed by atoms with Crippen LogP contribution in [0.2, 0.25) is 0 Å². The van der Waals surface area contributed by atoms with Crippen LogP contribution in [0.15, 0.2) is 42.5 Å². The highest BCUT2D eigenvalue weighted by Crippen LogP contribution is 2.22. The molecule has 0 radical (unpaired) electrons. The maximum Gasteiger partial charge on any atom is 0.239 e. The number of amides is 2. The summed E-state index contributed by atoms with van der Waals surface area (Å²) < 4.78 is 5.28. The Kier molecular flexibility index (Phi) is 5.85. The molecule has 1 fully saturated rings. The van der Waals surface area contributed by atoms with Crippen molar-refractivity contribution in [2.45, 2.75) is 13.0 Å². The minimum atomic E-state index is -0.355. The lowest BCUT2D eigenvalue weighted by atomic mass is 10.1. The van der Waals surface area contributed by atoms with E-state index in [1.54, 1.807) is 16.8 Å². The Morgan fingerprint density at radius 3 is 2.62 bits per heavy atom. The van der Waals surface area contributed by atoms with Gasteiger partial charge >= 0.3 is 0 Å². The van der Waals surface area contributed by atoms with Gasteiger partial charge in [-0.15, -0.1) is 0 Å². The largest absolute Gasteiger partial charge is 0.378 e. The molecule has 1 N–H and O–H groups in total. The molecule has 1 aliphatic heterocycles. The first-order valence-corrected chi connectivity index (χ1v) is 8.90. The average molecular weight is 355 g/mol. The molecule has 6 nitrogen and oxygen atoms in total. The Morgan fingerprint density at radius 1 is 1.15 bits per heavy atom. The smallest absolute Gasteiger partial charge is 0.239 e. The maximum absolute atomic E-state index is 12.6. The lowest BCUT2D eigenvalue weighted by Crippen LogP contribution is -2.50. The molecule has 0 aromatic heterocycles. The van der Waals surface area contributed by atoms with Crippen molar-refractivity contribution < 1.29 is 14.3 Å². The Labute approximate surface area is 153 Å². The van der Waals surface area contributed by atoms with Gasteiger partial charge in [-0.3, -0.25) is 14.5 Å². The van der Waals surface area contributed by atoms with Crippen LogP contribution in [0.1, 0.15) is 6.92 Å². The first-order valence-electron chi connectivity index (χ1n) is 8.90. The molecule has 1 saturated heterocycles. The van der Waals surface area contributed by atoms with Crippen molar-refractivity contribution >= 4 is 28.3 Å². The minimum absolute atomic E-state index is 0.0359. The third-order valence-corrected chi connectivity index (χ3v) is 4.80. The first kappa shape index (κ1) is 18.4. The van der Waals surface area contributed by atoms with Crippen LogP contribution in [0.5, 0.6) is 0 Å². The predicted molar refractivity (Wildman–Crippen MR) is 102 cm³/mol. The van der Waals surface area contributed by atoms with E-state index >= 15 is 0 Å². The lowest BCUT2D eigenvalue weighted by molar-refractivity contribution is -0.140. The van der Waals surface area contributed by atoms with Gasteiger partial charge in [0.1, 0.15) is 0 Å². The summed E-state index contributed by atoms with van der Waals surface area (Å²) in [4.78, 5) is 28.6. The lowest BCUT2D eigenvalue weighted by Gasteiger charge is -2.32. The fourth-order valence-corrected chi connectivity index (χ4v) is 3.12. The second-order valence-electron chi connectivity index (χ2n) is 6.60. The van der Waals surface area contributed by atoms with Gasteiger partial charge in [0.05, 0.1) is 25.8 Å². The van der Waals surface area contributed by atoms with Crippen molar-refractivity contribution in [3.63, 3.8) is 0 Å². The molecule has 6 heteroatoms. The van der Waals surface area contributed by atoms with Gasteiger partial charge in [-0.05, 0) is 25.4 Å². The van der Waals surface area contributed by atoms with Crippen molar-refractivity contribution in [1.82, 2.24) is 9.80 Å². The summed E-state index contributed by atoms with van der Waals surface area (Å²) in [6.07, 6.45) is 0. The molecule has 2 aromatic rings. The number of ether oxygens (including phenoxy) is 1. The summed E-state index contributed by atoms with van der Waals surface area (Å²) in [7, 11) is 1.80. The summed E-state index contributed by atoms with van der Waals surface area (Å²) in [5.41, 5.74) is 0.786. The molecule has 2 aromatic carbocycles. The van der Waals surface area contributed by atoms with E-state index in [1.807, 2.05) is 49.4 Å². The van der Waals surface area contributed by atoms with Crippen LogP contribution in [0.4, 0.5) is 5.69 Å². The van der Waals surface area contributed by atoms with Crippen LogP contribution in [-0.4, -0.2) is 67.6 Å². The van der Waals surface area contributed by atoms with E-state index in [1.165, 1.54) is 0 Å². The first-order chi connectivity index (χ1) is 12.6. The highest BCUT2D eigenvalue weighted by Gasteiger charge is 2.26. The van der Waals surface area contributed by atoms with Gasteiger partial charge in [0.15, 0.2) is 0 Å². The molecule has 138 valence electrons. The van der Waals surface area contributed by atoms with Gasteiger partial charge in [-0.1, -0.05) is 36.4 Å². The van der Waals surface area contributed by atoms with Crippen molar-refractivity contribution in [3.05, 3.63) is 42.5 Å². The molecule has 0 aliphatic carbocycles. The van der Waals surface area contributed by atoms with E-state index < -0.39 is 0 Å². The zero-order valence-electron chi connectivity index (χ0n) is 15.3. The monoisotopic (exact) mass is 355 g/mol. The van der Waals surface area contributed by atoms with E-state index in [2.05, 4.69) is 5.32 Å². The topological polar surface area (TPSA) is 61.9 Å². The second kappa shape index (κ2) is 8.29. The van der Waals surface area contributed by atoms with Gasteiger partial charge in [0.25, 0.3) is 0 Å². The number of nitrogens with zero attached hydrogens (tertiary/aromatic N) is 2. The average Bonchev–Trinajstić information content (AvgIpc) is 2.67. The number of hydrogen-bond donors (Lipinski definition) is 1. The number of likely N-dealkylation sites (N-methyl/N-ethyl adjacent to an activating group) is 1. The quantitative estimate of drug-likeness (QED) is 0.891. The Morgan fingerprint density at radius 2 is 1.85 bits per heavy atom. The van der Waals surface area contributed by atoms with Crippen LogP contribution in [-0.2, 0) is 14.3 Å². The van der Waals surface area contributed by atoms with E-state index in [0.717, 1.165) is 16.5 Å². The Balaban J connectivity index is 1.60. The SMILES string of the molecule is C[C@@H](C(=O)N1CCOCC1)N(C)CC(=O)Nc1cccc2ccccc12. The maximum atomic E-state index is 12.6. The van der Waals surface area contributed by atoms with E-state index in [-0.39, 0.29) is 24.4 Å². The van der Waals surface area contributed by atoms with Gasteiger partial charge in [0, 0.05) is 24.2 Å². The Hall–Kier alpha value is -2.44. The summed E-state index contributed by atoms with van der Waals surface area (Å²) in [6.45, 7) is 4.36. The minimum Gasteiger partial charge on any atom is -0.378 e. The number of morpholine rings is 1. The zero-order chi connectivity index (χ0) is 18.5. The summed E-state index contributed by atoms with van der Waals surface area (Å²) >= 11 is 0. The summed E-state index contributed by atoms with van der Waals surface area (Å²) in [5.74, 6) is -0.0979. The standard InChI is InChI=1S/C20H25N3O3/c1-15(20(25)23-10-12-26-13-11-23)22(2)14-19(24)21-18-9-5-7-16-6-3-4-8-17(16)18/h3-9,15H,10-14H2,1-2H3,(H,21,24)/t15-/m0/s1. The van der Waals surface area contributed by atoms with E-state index in [9.17, 15) is 9.59 Å². The molecule has 0 unspecified atom stereocenters. The number of benzene rings is 2. The highest BCUT2D eigenvalue weighted by atomic mass is 16.5. The van der Waals surface area contributed by atoms with Crippen LogP contribution < -0.4 is 5.32 Å². The second-order valence-corrected chi connectivity index (χ2v) is 6.60. The molecule has 3 rings (SSSR count). The Bertz CT molecular complexity index is 781. The number of carbonyl (C=O) groups is 2. The molecule has 0 spiro atoms. The fraction of sp³-hybridized carbons (Fsp3) is 0.400. The van der Waals surface area contributed by atoms with Gasteiger partial charge in [0.2, 0.25) is 11.8 Å². The number of rotatable bonds is 5. The molecule has 0 saturated carbocycles. The molecular formula is C20H25N3O3. The number of nitrogens with one attached hydrogen (secondary N) is 1. The van der Waals surface area contributed by atoms with Crippen molar-refractivity contribution in [2.24, 2.45) is 0 Å². The molecule has 0 bridgehead atoms. The molecule has 1 aliphatic rings. The third-order valence-electron chi connectivity index (χ3n) is 4.80. The van der Waals surface area contributed by atoms with Gasteiger partial charge in [-0.2, -0.15) is 0 Å². The molecule has 1 heterocycles. The number of fused-ring (bicyclic) bond motifs is 1. The number of hydrogen-bond acceptors (Lipinski definition) is 4. The van der Waals surface area contributed by atoms with Crippen molar-refractivity contribution in [1.29, 1.82) is 0 Å². The van der Waals surface area contributed by atoms with Crippen LogP contribution in [0.3, 0.4) is 0 Å². The van der Waals surface area contributed by atoms with Gasteiger partial charge < -0.3 is 15.0 Å². The number of carbonyl (C=O) groups excluding carboxylic acids is 2. The fourth-order valence-electron chi connectivity index (χ4n) is 3.12. The highest BCUT2D eigenvalue weighted by molar-refractivity contribution is 6.02. The van der Waals surface area contributed by atoms with E-state index in [0.29, 0.717) is 26.3 Å². The van der Waals surface area contributed by atoms with Crippen LogP contribution in [0, 0.1) is 0 Å². The molecule has 26 heavy (non-hydrogen) atoms.